The van der Waals surface area contributed by atoms with E-state index in [-0.39, 0.29) is 0 Å². The van der Waals surface area contributed by atoms with Crippen molar-refractivity contribution in [1.29, 1.82) is 0 Å². The van der Waals surface area contributed by atoms with Crippen LogP contribution in [-0.4, -0.2) is 11.5 Å². The van der Waals surface area contributed by atoms with E-state index >= 15 is 0 Å². The number of benzene rings is 1. The highest BCUT2D eigenvalue weighted by Crippen LogP contribution is 2.20. The van der Waals surface area contributed by atoms with Gasteiger partial charge in [0.2, 0.25) is 5.88 Å². The minimum Gasteiger partial charge on any atom is -0.439 e. The molecule has 0 amide bonds. The van der Waals surface area contributed by atoms with Crippen LogP contribution in [0.3, 0.4) is 0 Å². The van der Waals surface area contributed by atoms with Crippen molar-refractivity contribution in [1.82, 2.24) is 4.98 Å². The van der Waals surface area contributed by atoms with Crippen molar-refractivity contribution >= 4 is 5.82 Å². The van der Waals surface area contributed by atoms with Crippen LogP contribution in [0.25, 0.3) is 0 Å². The first-order chi connectivity index (χ1) is 8.28. The third-order valence-electron chi connectivity index (χ3n) is 2.32. The standard InChI is InChI=1S/C14H16N2O/c1-3-15-13-5-4-6-14(16-13)17-12-9-7-11(2)8-10-12/h4-10H,3H2,1-2H3,(H,15,16). The Morgan fingerprint density at radius 3 is 2.59 bits per heavy atom. The molecule has 0 aliphatic heterocycles. The molecule has 0 saturated heterocycles. The molecule has 0 fully saturated rings. The highest BCUT2D eigenvalue weighted by atomic mass is 16.5. The molecule has 0 aliphatic rings. The van der Waals surface area contributed by atoms with Gasteiger partial charge in [0, 0.05) is 12.6 Å². The fourth-order valence-electron chi connectivity index (χ4n) is 1.48. The molecule has 3 nitrogen and oxygen atoms in total. The monoisotopic (exact) mass is 228 g/mol. The molecule has 0 aliphatic carbocycles. The van der Waals surface area contributed by atoms with Gasteiger partial charge < -0.3 is 10.1 Å². The lowest BCUT2D eigenvalue weighted by molar-refractivity contribution is 0.463. The number of hydrogen-bond acceptors (Lipinski definition) is 3. The average molecular weight is 228 g/mol. The summed E-state index contributed by atoms with van der Waals surface area (Å²) in [6.07, 6.45) is 0. The Balaban J connectivity index is 2.12. The van der Waals surface area contributed by atoms with Gasteiger partial charge in [-0.15, -0.1) is 0 Å². The molecule has 0 saturated carbocycles. The predicted molar refractivity (Wildman–Crippen MR) is 69.7 cm³/mol. The van der Waals surface area contributed by atoms with Gasteiger partial charge >= 0.3 is 0 Å². The maximum absolute atomic E-state index is 5.67. The molecule has 0 atom stereocenters. The Labute approximate surface area is 101 Å². The first-order valence-electron chi connectivity index (χ1n) is 5.73. The summed E-state index contributed by atoms with van der Waals surface area (Å²) in [5.41, 5.74) is 1.21. The van der Waals surface area contributed by atoms with Crippen molar-refractivity contribution in [3.63, 3.8) is 0 Å². The molecule has 2 rings (SSSR count). The maximum atomic E-state index is 5.67. The molecule has 0 radical (unpaired) electrons. The van der Waals surface area contributed by atoms with E-state index in [1.807, 2.05) is 56.3 Å². The Kier molecular flexibility index (Phi) is 3.60. The fraction of sp³-hybridized carbons (Fsp3) is 0.214. The minimum absolute atomic E-state index is 0.604. The predicted octanol–water partition coefficient (Wildman–Crippen LogP) is 3.61. The van der Waals surface area contributed by atoms with Crippen molar-refractivity contribution in [2.75, 3.05) is 11.9 Å². The van der Waals surface area contributed by atoms with Crippen LogP contribution in [0.15, 0.2) is 42.5 Å². The quantitative estimate of drug-likeness (QED) is 0.868. The second kappa shape index (κ2) is 5.34. The summed E-state index contributed by atoms with van der Waals surface area (Å²) in [6, 6.07) is 13.6. The van der Waals surface area contributed by atoms with E-state index in [4.69, 9.17) is 4.74 Å². The number of aryl methyl sites for hydroxylation is 1. The maximum Gasteiger partial charge on any atom is 0.221 e. The first-order valence-corrected chi connectivity index (χ1v) is 5.73. The third kappa shape index (κ3) is 3.21. The molecular formula is C14H16N2O. The third-order valence-corrected chi connectivity index (χ3v) is 2.32. The number of anilines is 1. The SMILES string of the molecule is CCNc1cccc(Oc2ccc(C)cc2)n1. The normalized spacial score (nSPS) is 10.0. The van der Waals surface area contributed by atoms with Crippen LogP contribution in [0.2, 0.25) is 0 Å². The van der Waals surface area contributed by atoms with Crippen LogP contribution >= 0.6 is 0 Å². The highest BCUT2D eigenvalue weighted by Gasteiger charge is 1.99. The van der Waals surface area contributed by atoms with Crippen molar-refractivity contribution < 1.29 is 4.74 Å². The van der Waals surface area contributed by atoms with Crippen molar-refractivity contribution in [2.45, 2.75) is 13.8 Å². The van der Waals surface area contributed by atoms with E-state index < -0.39 is 0 Å². The van der Waals surface area contributed by atoms with Crippen LogP contribution in [-0.2, 0) is 0 Å². The van der Waals surface area contributed by atoms with E-state index in [2.05, 4.69) is 10.3 Å². The highest BCUT2D eigenvalue weighted by molar-refractivity contribution is 5.38. The average Bonchev–Trinajstić information content (AvgIpc) is 2.33. The smallest absolute Gasteiger partial charge is 0.221 e. The number of nitrogens with zero attached hydrogens (tertiary/aromatic N) is 1. The number of hydrogen-bond donors (Lipinski definition) is 1. The summed E-state index contributed by atoms with van der Waals surface area (Å²) >= 11 is 0. The van der Waals surface area contributed by atoms with Crippen LogP contribution in [0, 0.1) is 6.92 Å². The van der Waals surface area contributed by atoms with Crippen molar-refractivity contribution in [2.24, 2.45) is 0 Å². The number of nitrogens with one attached hydrogen (secondary N) is 1. The number of pyridine rings is 1. The minimum atomic E-state index is 0.604. The Morgan fingerprint density at radius 2 is 1.88 bits per heavy atom. The van der Waals surface area contributed by atoms with Gasteiger partial charge in [0.05, 0.1) is 0 Å². The summed E-state index contributed by atoms with van der Waals surface area (Å²) in [6.45, 7) is 4.93. The van der Waals surface area contributed by atoms with Crippen molar-refractivity contribution in [3.8, 4) is 11.6 Å². The molecule has 0 bridgehead atoms. The molecule has 1 heterocycles. The van der Waals surface area contributed by atoms with E-state index in [1.54, 1.807) is 0 Å². The molecule has 1 aromatic heterocycles. The Hall–Kier alpha value is -2.03. The van der Waals surface area contributed by atoms with Gasteiger partial charge in [-0.1, -0.05) is 23.8 Å². The van der Waals surface area contributed by atoms with Crippen molar-refractivity contribution in [3.05, 3.63) is 48.0 Å². The summed E-state index contributed by atoms with van der Waals surface area (Å²) in [7, 11) is 0. The van der Waals surface area contributed by atoms with Gasteiger partial charge in [0.25, 0.3) is 0 Å². The molecule has 0 unspecified atom stereocenters. The molecule has 88 valence electrons. The van der Waals surface area contributed by atoms with Crippen LogP contribution in [0.5, 0.6) is 11.6 Å². The summed E-state index contributed by atoms with van der Waals surface area (Å²) in [5, 5.41) is 3.15. The van der Waals surface area contributed by atoms with Crippen LogP contribution in [0.1, 0.15) is 12.5 Å². The topological polar surface area (TPSA) is 34.1 Å². The zero-order valence-corrected chi connectivity index (χ0v) is 10.1. The Morgan fingerprint density at radius 1 is 1.12 bits per heavy atom. The molecule has 17 heavy (non-hydrogen) atoms. The van der Waals surface area contributed by atoms with Gasteiger partial charge in [-0.05, 0) is 32.0 Å². The van der Waals surface area contributed by atoms with E-state index in [0.717, 1.165) is 18.1 Å². The van der Waals surface area contributed by atoms with Gasteiger partial charge in [-0.2, -0.15) is 4.98 Å². The lowest BCUT2D eigenvalue weighted by atomic mass is 10.2. The second-order valence-corrected chi connectivity index (χ2v) is 3.81. The van der Waals surface area contributed by atoms with E-state index in [1.165, 1.54) is 5.56 Å². The van der Waals surface area contributed by atoms with Crippen LogP contribution in [0.4, 0.5) is 5.82 Å². The van der Waals surface area contributed by atoms with Gasteiger partial charge in [0.1, 0.15) is 11.6 Å². The number of ether oxygens (including phenoxy) is 1. The molecule has 1 aromatic carbocycles. The lowest BCUT2D eigenvalue weighted by Crippen LogP contribution is -1.99. The summed E-state index contributed by atoms with van der Waals surface area (Å²) in [4.78, 5) is 4.35. The lowest BCUT2D eigenvalue weighted by Gasteiger charge is -2.07. The molecule has 2 aromatic rings. The molecule has 3 heteroatoms. The summed E-state index contributed by atoms with van der Waals surface area (Å²) < 4.78 is 5.67. The van der Waals surface area contributed by atoms with Gasteiger partial charge in [-0.25, -0.2) is 0 Å². The van der Waals surface area contributed by atoms with Gasteiger partial charge in [0.15, 0.2) is 0 Å². The summed E-state index contributed by atoms with van der Waals surface area (Å²) in [5.74, 6) is 2.24. The molecule has 1 N–H and O–H groups in total. The molecular weight excluding hydrogens is 212 g/mol. The zero-order valence-electron chi connectivity index (χ0n) is 10.1. The van der Waals surface area contributed by atoms with E-state index in [9.17, 15) is 0 Å². The number of aromatic nitrogens is 1. The van der Waals surface area contributed by atoms with Gasteiger partial charge in [-0.3, -0.25) is 0 Å². The largest absolute Gasteiger partial charge is 0.439 e. The fourth-order valence-corrected chi connectivity index (χ4v) is 1.48. The van der Waals surface area contributed by atoms with E-state index in [0.29, 0.717) is 5.88 Å². The molecule has 0 spiro atoms. The Bertz CT molecular complexity index is 480. The first kappa shape index (κ1) is 11.5. The second-order valence-electron chi connectivity index (χ2n) is 3.81. The zero-order chi connectivity index (χ0) is 12.1. The van der Waals surface area contributed by atoms with Crippen LogP contribution < -0.4 is 10.1 Å². The number of rotatable bonds is 4.